The molecular formula is C16H17N3O2S. The van der Waals surface area contributed by atoms with E-state index in [-0.39, 0.29) is 11.9 Å². The summed E-state index contributed by atoms with van der Waals surface area (Å²) in [7, 11) is 0. The van der Waals surface area contributed by atoms with E-state index in [1.54, 1.807) is 24.3 Å². The van der Waals surface area contributed by atoms with Crippen LogP contribution < -0.4 is 5.73 Å². The molecule has 1 aliphatic rings. The highest BCUT2D eigenvalue weighted by Gasteiger charge is 2.31. The van der Waals surface area contributed by atoms with E-state index >= 15 is 0 Å². The van der Waals surface area contributed by atoms with Crippen LogP contribution in [-0.4, -0.2) is 28.2 Å². The predicted molar refractivity (Wildman–Crippen MR) is 84.8 cm³/mol. The summed E-state index contributed by atoms with van der Waals surface area (Å²) in [4.78, 5) is 31.2. The second kappa shape index (κ2) is 5.88. The number of hydrogen-bond donors (Lipinski definition) is 1. The molecule has 0 bridgehead atoms. The van der Waals surface area contributed by atoms with E-state index in [0.29, 0.717) is 16.8 Å². The monoisotopic (exact) mass is 315 g/mol. The molecule has 0 saturated carbocycles. The maximum Gasteiger partial charge on any atom is 0.272 e. The van der Waals surface area contributed by atoms with Crippen molar-refractivity contribution in [3.8, 4) is 0 Å². The lowest BCUT2D eigenvalue weighted by molar-refractivity contribution is 0.0731. The van der Waals surface area contributed by atoms with Crippen molar-refractivity contribution in [2.24, 2.45) is 5.73 Å². The summed E-state index contributed by atoms with van der Waals surface area (Å²) in [5, 5.41) is 2.03. The van der Waals surface area contributed by atoms with Gasteiger partial charge in [0.05, 0.1) is 11.6 Å². The number of carbonyl (C=O) groups is 2. The standard InChI is InChI=1S/C16H17N3O2S/c1-10-8-12(18-9-11(10)15(17)20)16(21)19-6-2-4-13(19)14-5-3-7-22-14/h3,5,7-9,13H,2,4,6H2,1H3,(H2,17,20). The van der Waals surface area contributed by atoms with Gasteiger partial charge in [0.1, 0.15) is 5.69 Å². The van der Waals surface area contributed by atoms with Crippen LogP contribution in [0, 0.1) is 6.92 Å². The zero-order valence-corrected chi connectivity index (χ0v) is 13.1. The molecule has 0 spiro atoms. The van der Waals surface area contributed by atoms with Crippen molar-refractivity contribution in [3.63, 3.8) is 0 Å². The molecule has 1 atom stereocenters. The van der Waals surface area contributed by atoms with E-state index in [1.165, 1.54) is 11.1 Å². The summed E-state index contributed by atoms with van der Waals surface area (Å²) in [6.45, 7) is 2.50. The number of amides is 2. The molecule has 2 aromatic heterocycles. The van der Waals surface area contributed by atoms with Crippen molar-refractivity contribution < 1.29 is 9.59 Å². The smallest absolute Gasteiger partial charge is 0.272 e. The largest absolute Gasteiger partial charge is 0.366 e. The highest BCUT2D eigenvalue weighted by molar-refractivity contribution is 7.10. The first-order valence-electron chi connectivity index (χ1n) is 7.18. The average molecular weight is 315 g/mol. The lowest BCUT2D eigenvalue weighted by atomic mass is 10.1. The van der Waals surface area contributed by atoms with Gasteiger partial charge in [-0.3, -0.25) is 14.6 Å². The number of thiophene rings is 1. The normalized spacial score (nSPS) is 17.7. The van der Waals surface area contributed by atoms with E-state index in [2.05, 4.69) is 11.1 Å². The molecule has 1 unspecified atom stereocenters. The number of aromatic nitrogens is 1. The SMILES string of the molecule is Cc1cc(C(=O)N2CCCC2c2cccs2)ncc1C(N)=O. The Morgan fingerprint density at radius 3 is 2.91 bits per heavy atom. The van der Waals surface area contributed by atoms with Crippen molar-refractivity contribution in [1.82, 2.24) is 9.88 Å². The van der Waals surface area contributed by atoms with Crippen LogP contribution in [0.4, 0.5) is 0 Å². The van der Waals surface area contributed by atoms with E-state index in [9.17, 15) is 9.59 Å². The third-order valence-electron chi connectivity index (χ3n) is 3.98. The minimum absolute atomic E-state index is 0.0879. The number of likely N-dealkylation sites (tertiary alicyclic amines) is 1. The first kappa shape index (κ1) is 14.7. The second-order valence-electron chi connectivity index (χ2n) is 5.42. The van der Waals surface area contributed by atoms with Crippen LogP contribution >= 0.6 is 11.3 Å². The molecule has 1 aliphatic heterocycles. The number of pyridine rings is 1. The zero-order valence-electron chi connectivity index (χ0n) is 12.3. The van der Waals surface area contributed by atoms with Crippen molar-refractivity contribution in [2.75, 3.05) is 6.54 Å². The van der Waals surface area contributed by atoms with Gasteiger partial charge >= 0.3 is 0 Å². The van der Waals surface area contributed by atoms with Crippen LogP contribution in [0.5, 0.6) is 0 Å². The number of carbonyl (C=O) groups excluding carboxylic acids is 2. The quantitative estimate of drug-likeness (QED) is 0.945. The highest BCUT2D eigenvalue weighted by atomic mass is 32.1. The molecule has 1 saturated heterocycles. The third-order valence-corrected chi connectivity index (χ3v) is 4.95. The molecule has 1 fully saturated rings. The van der Waals surface area contributed by atoms with E-state index in [0.717, 1.165) is 19.4 Å². The van der Waals surface area contributed by atoms with Crippen LogP contribution in [0.25, 0.3) is 0 Å². The molecule has 22 heavy (non-hydrogen) atoms. The Labute approximate surface area is 132 Å². The predicted octanol–water partition coefficient (Wildman–Crippen LogP) is 2.53. The Balaban J connectivity index is 1.87. The van der Waals surface area contributed by atoms with Gasteiger partial charge in [-0.05, 0) is 42.8 Å². The molecule has 0 radical (unpaired) electrons. The van der Waals surface area contributed by atoms with Crippen molar-refractivity contribution in [3.05, 3.63) is 51.5 Å². The first-order chi connectivity index (χ1) is 10.6. The van der Waals surface area contributed by atoms with Crippen LogP contribution in [0.2, 0.25) is 0 Å². The zero-order chi connectivity index (χ0) is 15.7. The molecule has 6 heteroatoms. The summed E-state index contributed by atoms with van der Waals surface area (Å²) in [5.74, 6) is -0.614. The maximum atomic E-state index is 12.7. The molecule has 2 amide bonds. The molecule has 3 heterocycles. The van der Waals surface area contributed by atoms with Gasteiger partial charge in [-0.25, -0.2) is 0 Å². The number of aryl methyl sites for hydroxylation is 1. The first-order valence-corrected chi connectivity index (χ1v) is 8.06. The number of rotatable bonds is 3. The molecule has 114 valence electrons. The topological polar surface area (TPSA) is 76.3 Å². The van der Waals surface area contributed by atoms with E-state index in [1.807, 2.05) is 16.3 Å². The van der Waals surface area contributed by atoms with Gasteiger partial charge < -0.3 is 10.6 Å². The molecule has 2 N–H and O–H groups in total. The minimum Gasteiger partial charge on any atom is -0.366 e. The van der Waals surface area contributed by atoms with Gasteiger partial charge in [0.2, 0.25) is 0 Å². The Morgan fingerprint density at radius 2 is 2.27 bits per heavy atom. The van der Waals surface area contributed by atoms with Gasteiger partial charge in [-0.1, -0.05) is 6.07 Å². The molecule has 0 aromatic carbocycles. The summed E-state index contributed by atoms with van der Waals surface area (Å²) < 4.78 is 0. The number of primary amides is 1. The molecule has 2 aromatic rings. The fourth-order valence-corrected chi connectivity index (χ4v) is 3.74. The molecule has 0 aliphatic carbocycles. The summed E-state index contributed by atoms with van der Waals surface area (Å²) in [6, 6.07) is 5.85. The lowest BCUT2D eigenvalue weighted by Gasteiger charge is -2.23. The van der Waals surface area contributed by atoms with Gasteiger partial charge in [-0.2, -0.15) is 0 Å². The number of nitrogens with two attached hydrogens (primary N) is 1. The van der Waals surface area contributed by atoms with Gasteiger partial charge in [0.25, 0.3) is 11.8 Å². The number of nitrogens with zero attached hydrogens (tertiary/aromatic N) is 2. The van der Waals surface area contributed by atoms with E-state index < -0.39 is 5.91 Å². The van der Waals surface area contributed by atoms with Crippen LogP contribution in [0.1, 0.15) is 50.2 Å². The van der Waals surface area contributed by atoms with Gasteiger partial charge in [0, 0.05) is 17.6 Å². The maximum absolute atomic E-state index is 12.7. The van der Waals surface area contributed by atoms with Crippen molar-refractivity contribution in [2.45, 2.75) is 25.8 Å². The van der Waals surface area contributed by atoms with Gasteiger partial charge in [-0.15, -0.1) is 11.3 Å². The summed E-state index contributed by atoms with van der Waals surface area (Å²) >= 11 is 1.67. The van der Waals surface area contributed by atoms with Crippen molar-refractivity contribution in [1.29, 1.82) is 0 Å². The molecule has 5 nitrogen and oxygen atoms in total. The van der Waals surface area contributed by atoms with Crippen LogP contribution in [0.15, 0.2) is 29.8 Å². The Hall–Kier alpha value is -2.21. The minimum atomic E-state index is -0.526. The van der Waals surface area contributed by atoms with Crippen LogP contribution in [0.3, 0.4) is 0 Å². The van der Waals surface area contributed by atoms with Crippen LogP contribution in [-0.2, 0) is 0 Å². The molecular weight excluding hydrogens is 298 g/mol. The molecule has 3 rings (SSSR count). The van der Waals surface area contributed by atoms with E-state index in [4.69, 9.17) is 5.73 Å². The second-order valence-corrected chi connectivity index (χ2v) is 6.40. The Bertz CT molecular complexity index is 712. The fourth-order valence-electron chi connectivity index (χ4n) is 2.86. The fraction of sp³-hybridized carbons (Fsp3) is 0.312. The lowest BCUT2D eigenvalue weighted by Crippen LogP contribution is -2.31. The number of hydrogen-bond acceptors (Lipinski definition) is 4. The highest BCUT2D eigenvalue weighted by Crippen LogP contribution is 2.35. The van der Waals surface area contributed by atoms with Gasteiger partial charge in [0.15, 0.2) is 0 Å². The Morgan fingerprint density at radius 1 is 1.45 bits per heavy atom. The third kappa shape index (κ3) is 2.62. The summed E-state index contributed by atoms with van der Waals surface area (Å²) in [5.41, 5.74) is 6.68. The average Bonchev–Trinajstić information content (AvgIpc) is 3.16. The summed E-state index contributed by atoms with van der Waals surface area (Å²) in [6.07, 6.45) is 3.36. The van der Waals surface area contributed by atoms with Crippen molar-refractivity contribution >= 4 is 23.2 Å². The Kier molecular flexibility index (Phi) is 3.94.